The molecule has 5 nitrogen and oxygen atoms in total. The maximum atomic E-state index is 12.5. The lowest BCUT2D eigenvalue weighted by molar-refractivity contribution is 0.0950. The van der Waals surface area contributed by atoms with Crippen LogP contribution in [-0.2, 0) is 6.54 Å². The SMILES string of the molecule is CCCCCCOc1ccc(C(=O)NCc2ccc(OCCC)c(OC)c2)cc1Br. The molecule has 2 aromatic carbocycles. The summed E-state index contributed by atoms with van der Waals surface area (Å²) in [6, 6.07) is 11.1. The van der Waals surface area contributed by atoms with Crippen molar-refractivity contribution in [3.8, 4) is 17.2 Å². The van der Waals surface area contributed by atoms with E-state index in [1.165, 1.54) is 19.3 Å². The number of benzene rings is 2. The summed E-state index contributed by atoms with van der Waals surface area (Å²) in [5, 5.41) is 2.95. The van der Waals surface area contributed by atoms with Crippen molar-refractivity contribution in [2.24, 2.45) is 0 Å². The third-order valence-corrected chi connectivity index (χ3v) is 5.21. The molecule has 0 bridgehead atoms. The predicted octanol–water partition coefficient (Wildman–Crippen LogP) is 6.14. The van der Waals surface area contributed by atoms with Crippen molar-refractivity contribution in [3.05, 3.63) is 52.0 Å². The zero-order chi connectivity index (χ0) is 21.8. The van der Waals surface area contributed by atoms with Crippen LogP contribution >= 0.6 is 15.9 Å². The van der Waals surface area contributed by atoms with E-state index in [9.17, 15) is 4.79 Å². The van der Waals surface area contributed by atoms with E-state index in [0.29, 0.717) is 36.8 Å². The van der Waals surface area contributed by atoms with Gasteiger partial charge in [0, 0.05) is 12.1 Å². The Hall–Kier alpha value is -2.21. The average molecular weight is 478 g/mol. The maximum Gasteiger partial charge on any atom is 0.251 e. The van der Waals surface area contributed by atoms with Gasteiger partial charge in [-0.3, -0.25) is 4.79 Å². The van der Waals surface area contributed by atoms with Gasteiger partial charge in [0.1, 0.15) is 5.75 Å². The number of ether oxygens (including phenoxy) is 3. The van der Waals surface area contributed by atoms with Crippen LogP contribution in [-0.4, -0.2) is 26.2 Å². The van der Waals surface area contributed by atoms with E-state index < -0.39 is 0 Å². The van der Waals surface area contributed by atoms with Crippen molar-refractivity contribution in [2.75, 3.05) is 20.3 Å². The molecule has 0 aliphatic rings. The summed E-state index contributed by atoms with van der Waals surface area (Å²) in [5.74, 6) is 1.99. The number of unbranched alkanes of at least 4 members (excludes halogenated alkanes) is 3. The van der Waals surface area contributed by atoms with Gasteiger partial charge in [0.25, 0.3) is 5.91 Å². The summed E-state index contributed by atoms with van der Waals surface area (Å²) in [7, 11) is 1.61. The van der Waals surface area contributed by atoms with Crippen LogP contribution in [0, 0.1) is 0 Å². The second-order valence-corrected chi connectivity index (χ2v) is 7.93. The molecule has 0 aromatic heterocycles. The van der Waals surface area contributed by atoms with Gasteiger partial charge in [0.2, 0.25) is 0 Å². The fourth-order valence-corrected chi connectivity index (χ4v) is 3.40. The monoisotopic (exact) mass is 477 g/mol. The molecule has 0 unspecified atom stereocenters. The number of hydrogen-bond donors (Lipinski definition) is 1. The minimum atomic E-state index is -0.143. The lowest BCUT2D eigenvalue weighted by Gasteiger charge is -2.13. The minimum absolute atomic E-state index is 0.143. The van der Waals surface area contributed by atoms with Crippen molar-refractivity contribution >= 4 is 21.8 Å². The highest BCUT2D eigenvalue weighted by Gasteiger charge is 2.11. The van der Waals surface area contributed by atoms with Crippen LogP contribution in [0.3, 0.4) is 0 Å². The second-order valence-electron chi connectivity index (χ2n) is 7.07. The molecule has 0 atom stereocenters. The van der Waals surface area contributed by atoms with Gasteiger partial charge in [-0.05, 0) is 64.7 Å². The Kier molecular flexibility index (Phi) is 10.6. The van der Waals surface area contributed by atoms with E-state index in [-0.39, 0.29) is 5.91 Å². The van der Waals surface area contributed by atoms with Gasteiger partial charge in [-0.15, -0.1) is 0 Å². The standard InChI is InChI=1S/C24H32BrNO4/c1-4-6-7-8-14-30-21-12-10-19(16-20(21)25)24(27)26-17-18-9-11-22(29-13-5-2)23(15-18)28-3/h9-12,15-16H,4-8,13-14,17H2,1-3H3,(H,26,27). The van der Waals surface area contributed by atoms with Gasteiger partial charge in [0.05, 0.1) is 24.8 Å². The van der Waals surface area contributed by atoms with Gasteiger partial charge < -0.3 is 19.5 Å². The Morgan fingerprint density at radius 2 is 1.67 bits per heavy atom. The smallest absolute Gasteiger partial charge is 0.251 e. The molecule has 0 radical (unpaired) electrons. The summed E-state index contributed by atoms with van der Waals surface area (Å²) in [4.78, 5) is 12.5. The van der Waals surface area contributed by atoms with E-state index in [4.69, 9.17) is 14.2 Å². The van der Waals surface area contributed by atoms with Crippen LogP contribution in [0.5, 0.6) is 17.2 Å². The van der Waals surface area contributed by atoms with Crippen LogP contribution in [0.15, 0.2) is 40.9 Å². The highest BCUT2D eigenvalue weighted by atomic mass is 79.9. The van der Waals surface area contributed by atoms with Gasteiger partial charge in [-0.1, -0.05) is 39.2 Å². The summed E-state index contributed by atoms with van der Waals surface area (Å²) in [5.41, 5.74) is 1.52. The second kappa shape index (κ2) is 13.2. The van der Waals surface area contributed by atoms with Crippen LogP contribution in [0.25, 0.3) is 0 Å². The van der Waals surface area contributed by atoms with Crippen LogP contribution in [0.2, 0.25) is 0 Å². The summed E-state index contributed by atoms with van der Waals surface area (Å²) in [6.07, 6.45) is 5.57. The van der Waals surface area contributed by atoms with Crippen LogP contribution in [0.1, 0.15) is 61.9 Å². The number of hydrogen-bond acceptors (Lipinski definition) is 4. The van der Waals surface area contributed by atoms with Crippen LogP contribution in [0.4, 0.5) is 0 Å². The Balaban J connectivity index is 1.90. The first kappa shape index (κ1) is 24.1. The average Bonchev–Trinajstić information content (AvgIpc) is 2.76. The minimum Gasteiger partial charge on any atom is -0.493 e. The molecule has 0 saturated carbocycles. The quantitative estimate of drug-likeness (QED) is 0.352. The van der Waals surface area contributed by atoms with Crippen molar-refractivity contribution < 1.29 is 19.0 Å². The Bertz CT molecular complexity index is 810. The van der Waals surface area contributed by atoms with E-state index >= 15 is 0 Å². The zero-order valence-electron chi connectivity index (χ0n) is 18.1. The highest BCUT2D eigenvalue weighted by molar-refractivity contribution is 9.10. The molecule has 0 aliphatic carbocycles. The first-order valence-corrected chi connectivity index (χ1v) is 11.4. The van der Waals surface area contributed by atoms with Crippen molar-refractivity contribution in [2.45, 2.75) is 52.5 Å². The molecular formula is C24H32BrNO4. The van der Waals surface area contributed by atoms with E-state index in [1.807, 2.05) is 24.3 Å². The van der Waals surface area contributed by atoms with Gasteiger partial charge in [0.15, 0.2) is 11.5 Å². The molecule has 30 heavy (non-hydrogen) atoms. The molecule has 0 aliphatic heterocycles. The molecule has 6 heteroatoms. The summed E-state index contributed by atoms with van der Waals surface area (Å²) in [6.45, 7) is 5.97. The Labute approximate surface area is 188 Å². The van der Waals surface area contributed by atoms with Crippen LogP contribution < -0.4 is 19.5 Å². The number of nitrogens with one attached hydrogen (secondary N) is 1. The predicted molar refractivity (Wildman–Crippen MR) is 124 cm³/mol. The molecule has 1 amide bonds. The van der Waals surface area contributed by atoms with Gasteiger partial charge in [-0.25, -0.2) is 0 Å². The van der Waals surface area contributed by atoms with E-state index in [2.05, 4.69) is 35.1 Å². The number of amides is 1. The van der Waals surface area contributed by atoms with E-state index in [0.717, 1.165) is 28.6 Å². The number of halogens is 1. The largest absolute Gasteiger partial charge is 0.493 e. The Morgan fingerprint density at radius 1 is 0.900 bits per heavy atom. The van der Waals surface area contributed by atoms with Gasteiger partial charge >= 0.3 is 0 Å². The normalized spacial score (nSPS) is 10.5. The molecule has 0 spiro atoms. The fourth-order valence-electron chi connectivity index (χ4n) is 2.91. The molecule has 2 aromatic rings. The first-order chi connectivity index (χ1) is 14.6. The number of carbonyl (C=O) groups is 1. The number of rotatable bonds is 13. The molecule has 0 heterocycles. The molecule has 1 N–H and O–H groups in total. The topological polar surface area (TPSA) is 56.8 Å². The number of methoxy groups -OCH3 is 1. The molecule has 0 fully saturated rings. The maximum absolute atomic E-state index is 12.5. The number of carbonyl (C=O) groups excluding carboxylic acids is 1. The summed E-state index contributed by atoms with van der Waals surface area (Å²) < 4.78 is 17.7. The Morgan fingerprint density at radius 3 is 2.37 bits per heavy atom. The van der Waals surface area contributed by atoms with Gasteiger partial charge in [-0.2, -0.15) is 0 Å². The fraction of sp³-hybridized carbons (Fsp3) is 0.458. The highest BCUT2D eigenvalue weighted by Crippen LogP contribution is 2.29. The lowest BCUT2D eigenvalue weighted by Crippen LogP contribution is -2.22. The summed E-state index contributed by atoms with van der Waals surface area (Å²) >= 11 is 3.51. The third kappa shape index (κ3) is 7.56. The molecule has 0 saturated heterocycles. The molecular weight excluding hydrogens is 446 g/mol. The van der Waals surface area contributed by atoms with E-state index in [1.54, 1.807) is 19.2 Å². The molecule has 2 rings (SSSR count). The van der Waals surface area contributed by atoms with Crippen molar-refractivity contribution in [1.29, 1.82) is 0 Å². The zero-order valence-corrected chi connectivity index (χ0v) is 19.7. The molecule has 164 valence electrons. The third-order valence-electron chi connectivity index (χ3n) is 4.59. The lowest BCUT2D eigenvalue weighted by atomic mass is 10.1. The van der Waals surface area contributed by atoms with Crippen molar-refractivity contribution in [1.82, 2.24) is 5.32 Å². The first-order valence-electron chi connectivity index (χ1n) is 10.6. The van der Waals surface area contributed by atoms with Crippen molar-refractivity contribution in [3.63, 3.8) is 0 Å².